The molecular formula is C33H34F3N3O6. The van der Waals surface area contributed by atoms with Crippen LogP contribution < -0.4 is 15.5 Å². The number of nitrogens with zero attached hydrogens (tertiary/aromatic N) is 2. The largest absolute Gasteiger partial charge is 0.483 e. The van der Waals surface area contributed by atoms with Crippen molar-refractivity contribution in [3.05, 3.63) is 110 Å². The minimum atomic E-state index is -1.18. The summed E-state index contributed by atoms with van der Waals surface area (Å²) in [4.78, 5) is 43.0. The molecule has 1 aromatic heterocycles. The van der Waals surface area contributed by atoms with E-state index in [1.807, 2.05) is 26.0 Å². The van der Waals surface area contributed by atoms with Crippen LogP contribution in [0, 0.1) is 17.5 Å². The second-order valence-electron chi connectivity index (χ2n) is 10.9. The van der Waals surface area contributed by atoms with Crippen LogP contribution in [0.4, 0.5) is 13.2 Å². The highest BCUT2D eigenvalue weighted by Crippen LogP contribution is 2.38. The van der Waals surface area contributed by atoms with Gasteiger partial charge in [0.15, 0.2) is 17.7 Å². The van der Waals surface area contributed by atoms with E-state index >= 15 is 0 Å². The molecule has 1 fully saturated rings. The second-order valence-corrected chi connectivity index (χ2v) is 10.9. The number of ether oxygens (including phenoxy) is 3. The van der Waals surface area contributed by atoms with Crippen molar-refractivity contribution in [3.63, 3.8) is 0 Å². The van der Waals surface area contributed by atoms with Crippen LogP contribution in [0.3, 0.4) is 0 Å². The molecule has 238 valence electrons. The Hall–Kier alpha value is -4.42. The molecule has 0 radical (unpaired) electrons. The number of fused-ring (bicyclic) bond motifs is 4. The molecule has 12 heteroatoms. The summed E-state index contributed by atoms with van der Waals surface area (Å²) in [6.07, 6.45) is 3.68. The summed E-state index contributed by atoms with van der Waals surface area (Å²) in [5.41, 5.74) is -0.232. The monoisotopic (exact) mass is 625 g/mol. The van der Waals surface area contributed by atoms with E-state index in [0.29, 0.717) is 31.6 Å². The van der Waals surface area contributed by atoms with Crippen molar-refractivity contribution < 1.29 is 37.0 Å². The van der Waals surface area contributed by atoms with E-state index in [-0.39, 0.29) is 30.6 Å². The molecule has 3 heterocycles. The molecule has 1 saturated heterocycles. The first-order valence-corrected chi connectivity index (χ1v) is 14.7. The van der Waals surface area contributed by atoms with Gasteiger partial charge in [-0.3, -0.25) is 14.4 Å². The quantitative estimate of drug-likeness (QED) is 0.255. The molecule has 2 amide bonds. The van der Waals surface area contributed by atoms with Crippen molar-refractivity contribution in [2.45, 2.75) is 58.2 Å². The van der Waals surface area contributed by atoms with Gasteiger partial charge in [0.2, 0.25) is 5.43 Å². The van der Waals surface area contributed by atoms with Crippen LogP contribution in [0.1, 0.15) is 64.7 Å². The average Bonchev–Trinajstić information content (AvgIpc) is 3.15. The molecule has 1 N–H and O–H groups in total. The Morgan fingerprint density at radius 2 is 1.84 bits per heavy atom. The Morgan fingerprint density at radius 3 is 2.51 bits per heavy atom. The number of aromatic nitrogens is 1. The van der Waals surface area contributed by atoms with E-state index in [2.05, 4.69) is 5.32 Å². The zero-order valence-corrected chi connectivity index (χ0v) is 25.1. The van der Waals surface area contributed by atoms with E-state index in [1.165, 1.54) is 13.3 Å². The lowest BCUT2D eigenvalue weighted by atomic mass is 9.99. The first-order valence-electron chi connectivity index (χ1n) is 14.7. The highest BCUT2D eigenvalue weighted by molar-refractivity contribution is 5.99. The summed E-state index contributed by atoms with van der Waals surface area (Å²) in [7, 11) is 1.52. The SMILES string of the molecule is CCOC(C=C1CC[C@H](C)N2C[C@H]1n1cc(C(=O)NCc3c(F)cc(F)cc3F)c(=O)c(OCc3ccccc3)c1C2=O)OC. The van der Waals surface area contributed by atoms with E-state index < -0.39 is 64.7 Å². The number of carbonyl (C=O) groups excluding carboxylic acids is 2. The van der Waals surface area contributed by atoms with Gasteiger partial charge < -0.3 is 29.0 Å². The normalized spacial score (nSPS) is 19.2. The topological polar surface area (TPSA) is 99.1 Å². The van der Waals surface area contributed by atoms with E-state index in [9.17, 15) is 27.6 Å². The van der Waals surface area contributed by atoms with E-state index in [4.69, 9.17) is 14.2 Å². The van der Waals surface area contributed by atoms with Gasteiger partial charge in [-0.2, -0.15) is 0 Å². The Bertz CT molecular complexity index is 1650. The second kappa shape index (κ2) is 13.7. The maximum atomic E-state index is 14.3. The van der Waals surface area contributed by atoms with Crippen molar-refractivity contribution in [2.75, 3.05) is 20.3 Å². The fourth-order valence-corrected chi connectivity index (χ4v) is 5.68. The molecule has 2 aromatic carbocycles. The number of methoxy groups -OCH3 is 1. The number of carbonyl (C=O) groups is 2. The lowest BCUT2D eigenvalue weighted by Gasteiger charge is -2.38. The van der Waals surface area contributed by atoms with Crippen LogP contribution in [0.15, 0.2) is 65.1 Å². The number of nitrogens with one attached hydrogen (secondary N) is 1. The fraction of sp³-hybridized carbons (Fsp3) is 0.364. The molecular weight excluding hydrogens is 591 g/mol. The Kier molecular flexibility index (Phi) is 9.74. The standard InChI is InChI=1S/C33H34F3N3O6/c1-4-44-28(43-3)12-21-11-10-19(2)38-17-27(21)39-16-24(32(41)37-15-23-25(35)13-22(34)14-26(23)36)30(40)31(29(39)33(38)42)45-18-20-8-6-5-7-9-20/h5-9,12-14,16,19,27-28H,4,10-11,15,17-18H2,1-3H3,(H,37,41)/t19-,27+,28?/m0/s1. The molecule has 2 aliphatic rings. The summed E-state index contributed by atoms with van der Waals surface area (Å²) in [6, 6.07) is 9.35. The van der Waals surface area contributed by atoms with Crippen LogP contribution in [0.2, 0.25) is 0 Å². The summed E-state index contributed by atoms with van der Waals surface area (Å²) in [5.74, 6) is -5.15. The molecule has 1 unspecified atom stereocenters. The van der Waals surface area contributed by atoms with Crippen molar-refractivity contribution in [2.24, 2.45) is 0 Å². The lowest BCUT2D eigenvalue weighted by Crippen LogP contribution is -2.48. The van der Waals surface area contributed by atoms with Gasteiger partial charge in [-0.15, -0.1) is 0 Å². The maximum absolute atomic E-state index is 14.3. The fourth-order valence-electron chi connectivity index (χ4n) is 5.68. The summed E-state index contributed by atoms with van der Waals surface area (Å²) >= 11 is 0. The molecule has 3 atom stereocenters. The van der Waals surface area contributed by atoms with Crippen molar-refractivity contribution in [1.82, 2.24) is 14.8 Å². The van der Waals surface area contributed by atoms with Crippen molar-refractivity contribution >= 4 is 11.8 Å². The minimum absolute atomic E-state index is 0.00983. The average molecular weight is 626 g/mol. The molecule has 2 bridgehead atoms. The molecule has 0 aliphatic carbocycles. The van der Waals surface area contributed by atoms with Crippen LogP contribution >= 0.6 is 0 Å². The van der Waals surface area contributed by atoms with Gasteiger partial charge >= 0.3 is 0 Å². The lowest BCUT2D eigenvalue weighted by molar-refractivity contribution is -0.0868. The molecule has 45 heavy (non-hydrogen) atoms. The van der Waals surface area contributed by atoms with Gasteiger partial charge in [-0.05, 0) is 43.9 Å². The number of pyridine rings is 1. The van der Waals surface area contributed by atoms with Gasteiger partial charge in [-0.25, -0.2) is 13.2 Å². The third kappa shape index (κ3) is 6.66. The summed E-state index contributed by atoms with van der Waals surface area (Å²) in [5, 5.41) is 2.36. The number of benzene rings is 2. The highest BCUT2D eigenvalue weighted by atomic mass is 19.1. The smallest absolute Gasteiger partial charge is 0.274 e. The third-order valence-corrected chi connectivity index (χ3v) is 8.09. The first kappa shape index (κ1) is 32.0. The van der Waals surface area contributed by atoms with Crippen molar-refractivity contribution in [3.8, 4) is 5.75 Å². The molecule has 5 rings (SSSR count). The van der Waals surface area contributed by atoms with Crippen LogP contribution in [-0.2, 0) is 22.6 Å². The van der Waals surface area contributed by atoms with Gasteiger partial charge in [-0.1, -0.05) is 30.3 Å². The zero-order valence-electron chi connectivity index (χ0n) is 25.1. The van der Waals surface area contributed by atoms with Gasteiger partial charge in [0.1, 0.15) is 29.6 Å². The number of rotatable bonds is 10. The van der Waals surface area contributed by atoms with Gasteiger partial charge in [0.25, 0.3) is 11.8 Å². The van der Waals surface area contributed by atoms with Crippen molar-refractivity contribution in [1.29, 1.82) is 0 Å². The first-order chi connectivity index (χ1) is 21.6. The minimum Gasteiger partial charge on any atom is -0.483 e. The van der Waals surface area contributed by atoms with Gasteiger partial charge in [0, 0.05) is 56.7 Å². The Balaban J connectivity index is 1.62. The third-order valence-electron chi connectivity index (χ3n) is 8.09. The number of amides is 2. The molecule has 9 nitrogen and oxygen atoms in total. The maximum Gasteiger partial charge on any atom is 0.274 e. The molecule has 0 spiro atoms. The van der Waals surface area contributed by atoms with Crippen LogP contribution in [-0.4, -0.2) is 53.9 Å². The molecule has 3 aromatic rings. The van der Waals surface area contributed by atoms with Crippen LogP contribution in [0.5, 0.6) is 5.75 Å². The van der Waals surface area contributed by atoms with E-state index in [0.717, 1.165) is 11.1 Å². The number of hydrogen-bond donors (Lipinski definition) is 1. The Morgan fingerprint density at radius 1 is 1.13 bits per heavy atom. The predicted octanol–water partition coefficient (Wildman–Crippen LogP) is 4.89. The Labute approximate surface area is 258 Å². The molecule has 0 saturated carbocycles. The van der Waals surface area contributed by atoms with Gasteiger partial charge in [0.05, 0.1) is 6.04 Å². The summed E-state index contributed by atoms with van der Waals surface area (Å²) in [6.45, 7) is 3.71. The van der Waals surface area contributed by atoms with Crippen LogP contribution in [0.25, 0.3) is 0 Å². The zero-order chi connectivity index (χ0) is 32.2. The summed E-state index contributed by atoms with van der Waals surface area (Å²) < 4.78 is 60.8. The molecule has 2 aliphatic heterocycles. The highest BCUT2D eigenvalue weighted by Gasteiger charge is 2.41. The number of halogens is 3. The van der Waals surface area contributed by atoms with E-state index in [1.54, 1.807) is 33.7 Å². The number of hydrogen-bond acceptors (Lipinski definition) is 6. The predicted molar refractivity (Wildman–Crippen MR) is 158 cm³/mol.